The fourth-order valence-corrected chi connectivity index (χ4v) is 2.35. The summed E-state index contributed by atoms with van der Waals surface area (Å²) in [7, 11) is 0. The van der Waals surface area contributed by atoms with Crippen molar-refractivity contribution in [3.63, 3.8) is 0 Å². The lowest BCUT2D eigenvalue weighted by Gasteiger charge is -2.37. The number of carbonyl (C=O) groups excluding carboxylic acids is 1. The van der Waals surface area contributed by atoms with Gasteiger partial charge in [-0.15, -0.1) is 0 Å². The second-order valence-electron chi connectivity index (χ2n) is 5.20. The van der Waals surface area contributed by atoms with Crippen molar-refractivity contribution in [2.45, 2.75) is 13.3 Å². The van der Waals surface area contributed by atoms with Crippen molar-refractivity contribution in [1.29, 1.82) is 0 Å². The molecule has 0 amide bonds. The molecule has 0 bridgehead atoms. The lowest BCUT2D eigenvalue weighted by Crippen LogP contribution is -2.44. The van der Waals surface area contributed by atoms with E-state index in [9.17, 15) is 4.79 Å². The Balaban J connectivity index is 2.00. The van der Waals surface area contributed by atoms with Crippen molar-refractivity contribution in [1.82, 2.24) is 0 Å². The molecule has 0 atom stereocenters. The van der Waals surface area contributed by atoms with E-state index < -0.39 is 0 Å². The van der Waals surface area contributed by atoms with E-state index in [1.54, 1.807) is 12.1 Å². The van der Waals surface area contributed by atoms with Crippen molar-refractivity contribution >= 4 is 21.7 Å². The molecule has 1 saturated heterocycles. The van der Waals surface area contributed by atoms with E-state index in [0.29, 0.717) is 25.1 Å². The Kier molecular flexibility index (Phi) is 4.60. The molecule has 0 saturated carbocycles. The maximum atomic E-state index is 11.7. The van der Waals surface area contributed by atoms with E-state index in [2.05, 4.69) is 22.9 Å². The van der Waals surface area contributed by atoms with E-state index in [1.165, 1.54) is 0 Å². The molecule has 1 fully saturated rings. The summed E-state index contributed by atoms with van der Waals surface area (Å²) in [6, 6.07) is 5.38. The Morgan fingerprint density at radius 3 is 2.79 bits per heavy atom. The summed E-state index contributed by atoms with van der Waals surface area (Å²) in [6.45, 7) is 4.58. The molecule has 0 radical (unpaired) electrons. The van der Waals surface area contributed by atoms with E-state index in [4.69, 9.17) is 15.2 Å². The van der Waals surface area contributed by atoms with Crippen molar-refractivity contribution < 1.29 is 14.3 Å². The van der Waals surface area contributed by atoms with Crippen molar-refractivity contribution in [3.8, 4) is 5.75 Å². The molecule has 1 aromatic carbocycles. The molecule has 1 heterocycles. The molecular formula is C14H18BrNO3. The SMILES string of the molecule is CC1(COc2ccc(C(=O)CCN)cc2Br)COC1. The zero-order chi connectivity index (χ0) is 13.9. The van der Waals surface area contributed by atoms with Gasteiger partial charge in [-0.05, 0) is 40.7 Å². The van der Waals surface area contributed by atoms with Crippen LogP contribution in [-0.4, -0.2) is 32.1 Å². The van der Waals surface area contributed by atoms with Crippen LogP contribution in [0.15, 0.2) is 22.7 Å². The van der Waals surface area contributed by atoms with Crippen LogP contribution in [0.4, 0.5) is 0 Å². The van der Waals surface area contributed by atoms with Crippen molar-refractivity contribution in [2.75, 3.05) is 26.4 Å². The first-order valence-corrected chi connectivity index (χ1v) is 7.07. The van der Waals surface area contributed by atoms with Gasteiger partial charge in [0.05, 0.1) is 24.3 Å². The number of halogens is 1. The molecule has 1 aromatic rings. The topological polar surface area (TPSA) is 61.5 Å². The summed E-state index contributed by atoms with van der Waals surface area (Å²) in [4.78, 5) is 11.7. The molecule has 2 N–H and O–H groups in total. The quantitative estimate of drug-likeness (QED) is 0.815. The smallest absolute Gasteiger partial charge is 0.164 e. The van der Waals surface area contributed by atoms with Gasteiger partial charge < -0.3 is 15.2 Å². The minimum absolute atomic E-state index is 0.0501. The highest BCUT2D eigenvalue weighted by atomic mass is 79.9. The molecule has 1 aliphatic rings. The standard InChI is InChI=1S/C14H18BrNO3/c1-14(7-18-8-14)9-19-13-3-2-10(6-11(13)15)12(17)4-5-16/h2-3,6H,4-5,7-9,16H2,1H3. The molecule has 0 aliphatic carbocycles. The molecule has 0 spiro atoms. The number of rotatable bonds is 6. The molecule has 2 rings (SSSR count). The molecule has 4 nitrogen and oxygen atoms in total. The number of hydrogen-bond acceptors (Lipinski definition) is 4. The first-order chi connectivity index (χ1) is 9.04. The highest BCUT2D eigenvalue weighted by molar-refractivity contribution is 9.10. The molecule has 19 heavy (non-hydrogen) atoms. The Morgan fingerprint density at radius 1 is 1.53 bits per heavy atom. The number of ketones is 1. The van der Waals surface area contributed by atoms with Gasteiger partial charge in [0.1, 0.15) is 5.75 Å². The Hall–Kier alpha value is -0.910. The van der Waals surface area contributed by atoms with Crippen LogP contribution in [0.25, 0.3) is 0 Å². The van der Waals surface area contributed by atoms with Gasteiger partial charge in [-0.2, -0.15) is 0 Å². The van der Waals surface area contributed by atoms with Gasteiger partial charge in [0, 0.05) is 17.4 Å². The predicted molar refractivity (Wildman–Crippen MR) is 76.6 cm³/mol. The summed E-state index contributed by atoms with van der Waals surface area (Å²) in [5, 5.41) is 0. The van der Waals surface area contributed by atoms with Crippen molar-refractivity contribution in [3.05, 3.63) is 28.2 Å². The number of hydrogen-bond donors (Lipinski definition) is 1. The number of nitrogens with two attached hydrogens (primary N) is 1. The first kappa shape index (κ1) is 14.5. The average Bonchev–Trinajstić information content (AvgIpc) is 2.35. The fourth-order valence-electron chi connectivity index (χ4n) is 1.85. The van der Waals surface area contributed by atoms with E-state index in [0.717, 1.165) is 23.4 Å². The summed E-state index contributed by atoms with van der Waals surface area (Å²) in [6.07, 6.45) is 0.363. The second kappa shape index (κ2) is 6.03. The van der Waals surface area contributed by atoms with E-state index in [1.807, 2.05) is 6.07 Å². The number of carbonyl (C=O) groups is 1. The minimum Gasteiger partial charge on any atom is -0.492 e. The van der Waals surface area contributed by atoms with Crippen LogP contribution >= 0.6 is 15.9 Å². The predicted octanol–water partition coefficient (Wildman–Crippen LogP) is 2.40. The lowest BCUT2D eigenvalue weighted by molar-refractivity contribution is -0.120. The zero-order valence-corrected chi connectivity index (χ0v) is 12.5. The third-order valence-electron chi connectivity index (χ3n) is 3.10. The molecule has 5 heteroatoms. The van der Waals surface area contributed by atoms with Crippen LogP contribution in [0.3, 0.4) is 0 Å². The van der Waals surface area contributed by atoms with Gasteiger partial charge in [0.15, 0.2) is 5.78 Å². The maximum absolute atomic E-state index is 11.7. The zero-order valence-electron chi connectivity index (χ0n) is 10.9. The fraction of sp³-hybridized carbons (Fsp3) is 0.500. The summed E-state index contributed by atoms with van der Waals surface area (Å²) < 4.78 is 11.8. The number of Topliss-reactive ketones (excluding diaryl/α,β-unsaturated/α-hetero) is 1. The van der Waals surface area contributed by atoms with Crippen LogP contribution < -0.4 is 10.5 Å². The lowest BCUT2D eigenvalue weighted by atomic mass is 9.90. The molecule has 0 unspecified atom stereocenters. The monoisotopic (exact) mass is 327 g/mol. The van der Waals surface area contributed by atoms with Crippen LogP contribution in [0, 0.1) is 5.41 Å². The van der Waals surface area contributed by atoms with Gasteiger partial charge in [-0.1, -0.05) is 6.92 Å². The summed E-state index contributed by atoms with van der Waals surface area (Å²) in [5.74, 6) is 0.798. The normalized spacial score (nSPS) is 16.8. The van der Waals surface area contributed by atoms with Crippen molar-refractivity contribution in [2.24, 2.45) is 11.1 Å². The van der Waals surface area contributed by atoms with Crippen LogP contribution in [-0.2, 0) is 4.74 Å². The highest BCUT2D eigenvalue weighted by Crippen LogP contribution is 2.31. The van der Waals surface area contributed by atoms with Gasteiger partial charge in [0.25, 0.3) is 0 Å². The molecule has 1 aliphatic heterocycles. The van der Waals surface area contributed by atoms with Gasteiger partial charge in [0.2, 0.25) is 0 Å². The molecular weight excluding hydrogens is 310 g/mol. The number of ether oxygens (including phenoxy) is 2. The third-order valence-corrected chi connectivity index (χ3v) is 3.72. The first-order valence-electron chi connectivity index (χ1n) is 6.27. The summed E-state index contributed by atoms with van der Waals surface area (Å²) in [5.41, 5.74) is 6.14. The Morgan fingerprint density at radius 2 is 2.26 bits per heavy atom. The largest absolute Gasteiger partial charge is 0.492 e. The summed E-state index contributed by atoms with van der Waals surface area (Å²) >= 11 is 3.43. The Labute approximate surface area is 121 Å². The Bertz CT molecular complexity index is 472. The maximum Gasteiger partial charge on any atom is 0.164 e. The third kappa shape index (κ3) is 3.55. The molecule has 0 aromatic heterocycles. The second-order valence-corrected chi connectivity index (χ2v) is 6.05. The number of benzene rings is 1. The van der Waals surface area contributed by atoms with Crippen LogP contribution in [0.5, 0.6) is 5.75 Å². The average molecular weight is 328 g/mol. The van der Waals surface area contributed by atoms with Gasteiger partial charge in [-0.3, -0.25) is 4.79 Å². The van der Waals surface area contributed by atoms with Crippen LogP contribution in [0.1, 0.15) is 23.7 Å². The molecule has 104 valence electrons. The highest BCUT2D eigenvalue weighted by Gasteiger charge is 2.34. The van der Waals surface area contributed by atoms with Gasteiger partial charge >= 0.3 is 0 Å². The van der Waals surface area contributed by atoms with E-state index >= 15 is 0 Å². The minimum atomic E-state index is 0.0501. The van der Waals surface area contributed by atoms with Gasteiger partial charge in [-0.25, -0.2) is 0 Å². The van der Waals surface area contributed by atoms with Crippen LogP contribution in [0.2, 0.25) is 0 Å². The van der Waals surface area contributed by atoms with E-state index in [-0.39, 0.29) is 11.2 Å².